The van der Waals surface area contributed by atoms with Gasteiger partial charge >= 0.3 is 0 Å². The number of hydrogen-bond donors (Lipinski definition) is 1. The van der Waals surface area contributed by atoms with Crippen LogP contribution in [0.1, 0.15) is 52.7 Å². The molecule has 1 N–H and O–H groups in total. The first-order chi connectivity index (χ1) is 25.1. The van der Waals surface area contributed by atoms with E-state index in [2.05, 4.69) is 0 Å². The molecule has 3 aliphatic carbocycles. The number of phenols is 1. The molecular formula is C43H34INO7. The van der Waals surface area contributed by atoms with Crippen LogP contribution in [0.4, 0.5) is 5.69 Å². The van der Waals surface area contributed by atoms with Crippen LogP contribution in [0.25, 0.3) is 5.57 Å². The Labute approximate surface area is 314 Å². The summed E-state index contributed by atoms with van der Waals surface area (Å²) in [4.78, 5) is 72.2. The van der Waals surface area contributed by atoms with Gasteiger partial charge in [-0.3, -0.25) is 28.9 Å². The summed E-state index contributed by atoms with van der Waals surface area (Å²) in [6.07, 6.45) is 3.94. The highest BCUT2D eigenvalue weighted by atomic mass is 127. The molecule has 0 unspecified atom stereocenters. The number of anilines is 1. The van der Waals surface area contributed by atoms with Crippen molar-refractivity contribution in [3.63, 3.8) is 0 Å². The van der Waals surface area contributed by atoms with Gasteiger partial charge in [0.1, 0.15) is 0 Å². The summed E-state index contributed by atoms with van der Waals surface area (Å²) in [5.74, 6) is -4.67. The molecule has 0 aromatic heterocycles. The van der Waals surface area contributed by atoms with Crippen molar-refractivity contribution in [2.45, 2.75) is 31.1 Å². The fourth-order valence-corrected chi connectivity index (χ4v) is 9.89. The Bertz CT molecular complexity index is 2240. The molecule has 52 heavy (non-hydrogen) atoms. The molecular weight excluding hydrogens is 769 g/mol. The minimum atomic E-state index is -1.40. The quantitative estimate of drug-likeness (QED) is 0.0946. The maximum absolute atomic E-state index is 15.2. The minimum Gasteiger partial charge on any atom is -0.504 e. The first kappa shape index (κ1) is 34.0. The molecule has 1 saturated carbocycles. The lowest BCUT2D eigenvalue weighted by molar-refractivity contribution is -0.135. The Kier molecular flexibility index (Phi) is 8.36. The highest BCUT2D eigenvalue weighted by Gasteiger charge is 2.66. The number of fused-ring (bicyclic) bond motifs is 4. The smallest absolute Gasteiger partial charge is 0.238 e. The summed E-state index contributed by atoms with van der Waals surface area (Å²) in [6, 6.07) is 28.5. The maximum atomic E-state index is 15.2. The number of benzene rings is 4. The second kappa shape index (κ2) is 12.8. The molecule has 4 aliphatic rings. The molecule has 6 atom stereocenters. The van der Waals surface area contributed by atoms with Gasteiger partial charge < -0.3 is 9.84 Å². The predicted octanol–water partition coefficient (Wildman–Crippen LogP) is 7.24. The van der Waals surface area contributed by atoms with Crippen LogP contribution in [-0.2, 0) is 24.6 Å². The first-order valence-corrected chi connectivity index (χ1v) is 18.3. The lowest BCUT2D eigenvalue weighted by Crippen LogP contribution is -2.58. The van der Waals surface area contributed by atoms with Crippen LogP contribution >= 0.6 is 22.6 Å². The molecule has 8 rings (SSSR count). The van der Waals surface area contributed by atoms with Gasteiger partial charge in [-0.25, -0.2) is 0 Å². The van der Waals surface area contributed by atoms with Crippen molar-refractivity contribution in [2.75, 3.05) is 12.0 Å². The number of halogens is 1. The zero-order valence-corrected chi connectivity index (χ0v) is 30.6. The van der Waals surface area contributed by atoms with E-state index in [0.717, 1.165) is 5.57 Å². The number of rotatable bonds is 6. The molecule has 1 aliphatic heterocycles. The molecule has 8 nitrogen and oxygen atoms in total. The van der Waals surface area contributed by atoms with Crippen LogP contribution in [-0.4, -0.2) is 41.4 Å². The number of aromatic hydroxyl groups is 1. The van der Waals surface area contributed by atoms with E-state index in [9.17, 15) is 19.5 Å². The molecule has 0 spiro atoms. The number of methoxy groups -OCH3 is 1. The number of amides is 2. The van der Waals surface area contributed by atoms with Gasteiger partial charge in [0.25, 0.3) is 0 Å². The largest absolute Gasteiger partial charge is 0.504 e. The number of carbonyl (C=O) groups is 5. The van der Waals surface area contributed by atoms with E-state index in [1.54, 1.807) is 30.3 Å². The van der Waals surface area contributed by atoms with Crippen molar-refractivity contribution in [1.82, 2.24) is 0 Å². The number of ketones is 3. The third-order valence-electron chi connectivity index (χ3n) is 11.5. The fourth-order valence-electron chi connectivity index (χ4n) is 9.27. The van der Waals surface area contributed by atoms with E-state index in [0.29, 0.717) is 37.1 Å². The van der Waals surface area contributed by atoms with Crippen LogP contribution in [0.3, 0.4) is 0 Å². The molecule has 1 saturated heterocycles. The van der Waals surface area contributed by atoms with E-state index >= 15 is 9.59 Å². The lowest BCUT2D eigenvalue weighted by atomic mass is 9.44. The molecule has 9 heteroatoms. The molecule has 2 amide bonds. The van der Waals surface area contributed by atoms with Crippen molar-refractivity contribution >= 4 is 63.0 Å². The standard InChI is InChI=1S/C43H34INO7/c1-23(46)24-13-15-28(16-14-24)45-41(50)30-18-17-29-32(37(30)42(45)51)21-33-39(48)31(25-9-5-3-6-10-25)22-36(47)43(33,27-11-7-4-8-12-27)38(29)26-19-34(44)40(49)35(20-26)52-2/h3-17,19-20,22,30,32-33,37-38,49H,18,21H2,1-2H3/t30-,32+,33-,37-,38-,43-/m0/s1. The Balaban J connectivity index is 1.35. The number of nitrogens with zero attached hydrogens (tertiary/aromatic N) is 1. The molecule has 0 bridgehead atoms. The topological polar surface area (TPSA) is 118 Å². The Morgan fingerprint density at radius 3 is 2.21 bits per heavy atom. The number of imide groups is 1. The number of allylic oxidation sites excluding steroid dienone is 4. The van der Waals surface area contributed by atoms with Crippen molar-refractivity contribution < 1.29 is 33.8 Å². The summed E-state index contributed by atoms with van der Waals surface area (Å²) >= 11 is 2.04. The molecule has 4 aromatic carbocycles. The summed E-state index contributed by atoms with van der Waals surface area (Å²) in [5.41, 5.74) is 2.57. The minimum absolute atomic E-state index is 0.0393. The van der Waals surface area contributed by atoms with Crippen LogP contribution in [0.5, 0.6) is 11.5 Å². The molecule has 2 fully saturated rings. The number of carbonyl (C=O) groups excluding carboxylic acids is 5. The van der Waals surface area contributed by atoms with E-state index < -0.39 is 35.0 Å². The number of hydrogen-bond acceptors (Lipinski definition) is 7. The van der Waals surface area contributed by atoms with Gasteiger partial charge in [-0.05, 0) is 107 Å². The zero-order chi connectivity index (χ0) is 36.5. The van der Waals surface area contributed by atoms with Gasteiger partial charge in [0.05, 0.1) is 33.6 Å². The predicted molar refractivity (Wildman–Crippen MR) is 203 cm³/mol. The zero-order valence-electron chi connectivity index (χ0n) is 28.4. The first-order valence-electron chi connectivity index (χ1n) is 17.2. The monoisotopic (exact) mass is 803 g/mol. The molecule has 4 aromatic rings. The van der Waals surface area contributed by atoms with Crippen molar-refractivity contribution in [2.24, 2.45) is 23.7 Å². The van der Waals surface area contributed by atoms with Gasteiger partial charge in [0.2, 0.25) is 11.8 Å². The van der Waals surface area contributed by atoms with Crippen LogP contribution < -0.4 is 9.64 Å². The second-order valence-electron chi connectivity index (χ2n) is 14.0. The van der Waals surface area contributed by atoms with Crippen molar-refractivity contribution in [3.05, 3.63) is 141 Å². The average Bonchev–Trinajstić information content (AvgIpc) is 3.42. The second-order valence-corrected chi connectivity index (χ2v) is 15.1. The van der Waals surface area contributed by atoms with Crippen molar-refractivity contribution in [3.8, 4) is 11.5 Å². The van der Waals surface area contributed by atoms with Gasteiger partial charge in [0, 0.05) is 23.0 Å². The highest BCUT2D eigenvalue weighted by molar-refractivity contribution is 14.1. The summed E-state index contributed by atoms with van der Waals surface area (Å²) in [6.45, 7) is 1.46. The Morgan fingerprint density at radius 2 is 1.56 bits per heavy atom. The lowest BCUT2D eigenvalue weighted by Gasteiger charge is -2.55. The Hall–Kier alpha value is -5.16. The van der Waals surface area contributed by atoms with Crippen LogP contribution in [0.2, 0.25) is 0 Å². The molecule has 1 heterocycles. The van der Waals surface area contributed by atoms with E-state index in [1.807, 2.05) is 95.4 Å². The van der Waals surface area contributed by atoms with Crippen LogP contribution in [0.15, 0.2) is 115 Å². The molecule has 0 radical (unpaired) electrons. The third kappa shape index (κ3) is 4.96. The molecule has 260 valence electrons. The number of Topliss-reactive ketones (excluding diaryl/α,β-unsaturated/α-hetero) is 2. The summed E-state index contributed by atoms with van der Waals surface area (Å²) < 4.78 is 6.12. The van der Waals surface area contributed by atoms with Gasteiger partial charge in [-0.15, -0.1) is 0 Å². The summed E-state index contributed by atoms with van der Waals surface area (Å²) in [5, 5.41) is 10.9. The number of phenolic OH excluding ortho intramolecular Hbond substituents is 1. The van der Waals surface area contributed by atoms with E-state index in [4.69, 9.17) is 4.74 Å². The maximum Gasteiger partial charge on any atom is 0.238 e. The average molecular weight is 804 g/mol. The third-order valence-corrected chi connectivity index (χ3v) is 12.3. The van der Waals surface area contributed by atoms with Gasteiger partial charge in [-0.2, -0.15) is 0 Å². The van der Waals surface area contributed by atoms with Crippen LogP contribution in [0, 0.1) is 27.2 Å². The summed E-state index contributed by atoms with van der Waals surface area (Å²) in [7, 11) is 1.46. The van der Waals surface area contributed by atoms with Gasteiger partial charge in [0.15, 0.2) is 28.8 Å². The fraction of sp³-hybridized carbons (Fsp3) is 0.233. The normalized spacial score (nSPS) is 26.6. The Morgan fingerprint density at radius 1 is 0.885 bits per heavy atom. The van der Waals surface area contributed by atoms with Gasteiger partial charge in [-0.1, -0.05) is 72.3 Å². The SMILES string of the molecule is COc1cc([C@H]2C3=CC[C@@H]4C(=O)N(c5ccc(C(C)=O)cc5)C(=O)[C@@H]4[C@@H]3C[C@H]3C(=O)C(c4ccccc4)=CC(=O)[C@@]23c2ccccc2)cc(I)c1O. The van der Waals surface area contributed by atoms with E-state index in [1.165, 1.54) is 25.0 Å². The number of ether oxygens (including phenoxy) is 1. The van der Waals surface area contributed by atoms with Crippen molar-refractivity contribution in [1.29, 1.82) is 0 Å². The highest BCUT2D eigenvalue weighted by Crippen LogP contribution is 2.64. The van der Waals surface area contributed by atoms with E-state index in [-0.39, 0.29) is 53.5 Å².